The highest BCUT2D eigenvalue weighted by molar-refractivity contribution is 9.10. The molecule has 4 aromatic rings. The van der Waals surface area contributed by atoms with Gasteiger partial charge in [-0.2, -0.15) is 4.68 Å². The number of nitrogens with zero attached hydrogens (tertiary/aromatic N) is 5. The highest BCUT2D eigenvalue weighted by Gasteiger charge is 2.16. The Morgan fingerprint density at radius 1 is 1.22 bits per heavy atom. The first-order valence-corrected chi connectivity index (χ1v) is 10.8. The van der Waals surface area contributed by atoms with Crippen molar-refractivity contribution >= 4 is 44.3 Å². The van der Waals surface area contributed by atoms with Crippen LogP contribution in [0.4, 0.5) is 17.1 Å². The summed E-state index contributed by atoms with van der Waals surface area (Å²) >= 11 is 4.72. The Labute approximate surface area is 193 Å². The molecule has 2 aromatic heterocycles. The Morgan fingerprint density at radius 3 is 2.66 bits per heavy atom. The molecule has 162 valence electrons. The number of nitrogens with one attached hydrogen (secondary N) is 1. The number of methoxy groups -OCH3 is 1. The van der Waals surface area contributed by atoms with Gasteiger partial charge < -0.3 is 4.74 Å². The van der Waals surface area contributed by atoms with Crippen molar-refractivity contribution < 1.29 is 9.66 Å². The van der Waals surface area contributed by atoms with Gasteiger partial charge >= 0.3 is 5.56 Å². The number of halogens is 1. The lowest BCUT2D eigenvalue weighted by atomic mass is 10.2. The molecule has 4 rings (SSSR count). The van der Waals surface area contributed by atoms with Gasteiger partial charge in [0.05, 0.1) is 29.5 Å². The third-order valence-electron chi connectivity index (χ3n) is 4.50. The van der Waals surface area contributed by atoms with E-state index in [9.17, 15) is 14.9 Å². The molecule has 0 amide bonds. The number of nitro groups is 1. The van der Waals surface area contributed by atoms with Crippen molar-refractivity contribution in [2.24, 2.45) is 10.2 Å². The van der Waals surface area contributed by atoms with E-state index in [0.29, 0.717) is 10.8 Å². The van der Waals surface area contributed by atoms with Crippen LogP contribution in [0.15, 0.2) is 67.3 Å². The number of nitro benzene ring substituents is 1. The minimum atomic E-state index is -0.533. The number of rotatable bonds is 6. The predicted octanol–water partition coefficient (Wildman–Crippen LogP) is 5.69. The Bertz CT molecular complexity index is 1390. The fourth-order valence-corrected chi connectivity index (χ4v) is 3.93. The van der Waals surface area contributed by atoms with E-state index >= 15 is 0 Å². The highest BCUT2D eigenvalue weighted by atomic mass is 79.9. The quantitative estimate of drug-likeness (QED) is 0.200. The smallest absolute Gasteiger partial charge is 0.301 e. The molecule has 0 bridgehead atoms. The molecule has 0 aliphatic heterocycles. The number of hydrogen-bond acceptors (Lipinski definition) is 8. The van der Waals surface area contributed by atoms with Crippen molar-refractivity contribution in [3.63, 3.8) is 0 Å². The number of non-ortho nitro benzene ring substituents is 1. The zero-order chi connectivity index (χ0) is 22.8. The van der Waals surface area contributed by atoms with Gasteiger partial charge in [-0.1, -0.05) is 28.1 Å². The SMILES string of the molecule is COc1cc([N+](=O)[O-])ccc1N=Nc1c(C)[nH]n(-c2nc(-c3ccc(Br)cc3)cs2)c1=O. The number of aromatic amines is 1. The summed E-state index contributed by atoms with van der Waals surface area (Å²) < 4.78 is 7.43. The highest BCUT2D eigenvalue weighted by Crippen LogP contribution is 2.33. The van der Waals surface area contributed by atoms with Crippen LogP contribution in [-0.4, -0.2) is 26.8 Å². The number of azo groups is 1. The third-order valence-corrected chi connectivity index (χ3v) is 5.85. The Hall–Kier alpha value is -3.64. The molecule has 0 fully saturated rings. The normalized spacial score (nSPS) is 11.2. The maximum atomic E-state index is 12.9. The van der Waals surface area contributed by atoms with E-state index in [-0.39, 0.29) is 22.8 Å². The second kappa shape index (κ2) is 8.85. The van der Waals surface area contributed by atoms with Gasteiger partial charge in [0.15, 0.2) is 11.4 Å². The Kier molecular flexibility index (Phi) is 5.97. The average Bonchev–Trinajstić information content (AvgIpc) is 3.37. The predicted molar refractivity (Wildman–Crippen MR) is 124 cm³/mol. The number of thiazole rings is 1. The van der Waals surface area contributed by atoms with Crippen LogP contribution in [0.5, 0.6) is 5.75 Å². The van der Waals surface area contributed by atoms with Crippen LogP contribution in [0.25, 0.3) is 16.4 Å². The van der Waals surface area contributed by atoms with Gasteiger partial charge in [-0.3, -0.25) is 20.0 Å². The molecule has 0 aliphatic rings. The lowest BCUT2D eigenvalue weighted by Crippen LogP contribution is -2.13. The van der Waals surface area contributed by atoms with E-state index in [2.05, 4.69) is 36.2 Å². The lowest BCUT2D eigenvalue weighted by molar-refractivity contribution is -0.384. The topological polar surface area (TPSA) is 128 Å². The van der Waals surface area contributed by atoms with E-state index in [0.717, 1.165) is 15.7 Å². The number of H-pyrrole nitrogens is 1. The van der Waals surface area contributed by atoms with Crippen molar-refractivity contribution in [3.05, 3.63) is 78.5 Å². The van der Waals surface area contributed by atoms with Gasteiger partial charge in [0.25, 0.3) is 5.69 Å². The van der Waals surface area contributed by atoms with Crippen molar-refractivity contribution in [3.8, 4) is 22.1 Å². The van der Waals surface area contributed by atoms with Crippen LogP contribution >= 0.6 is 27.3 Å². The second-order valence-corrected chi connectivity index (χ2v) is 8.31. The minimum Gasteiger partial charge on any atom is -0.494 e. The lowest BCUT2D eigenvalue weighted by Gasteiger charge is -2.02. The molecule has 0 unspecified atom stereocenters. The fourth-order valence-electron chi connectivity index (χ4n) is 2.88. The molecular formula is C20H15BrN6O4S. The maximum absolute atomic E-state index is 12.9. The van der Waals surface area contributed by atoms with Crippen LogP contribution < -0.4 is 10.3 Å². The van der Waals surface area contributed by atoms with Crippen molar-refractivity contribution in [2.45, 2.75) is 6.92 Å². The number of ether oxygens (including phenoxy) is 1. The zero-order valence-corrected chi connectivity index (χ0v) is 19.2. The molecule has 0 aliphatic carbocycles. The van der Waals surface area contributed by atoms with Crippen molar-refractivity contribution in [2.75, 3.05) is 7.11 Å². The van der Waals surface area contributed by atoms with Gasteiger partial charge in [-0.05, 0) is 25.1 Å². The molecule has 0 atom stereocenters. The van der Waals surface area contributed by atoms with Crippen molar-refractivity contribution in [1.29, 1.82) is 0 Å². The van der Waals surface area contributed by atoms with E-state index in [1.54, 1.807) is 6.92 Å². The average molecular weight is 515 g/mol. The zero-order valence-electron chi connectivity index (χ0n) is 16.8. The van der Waals surface area contributed by atoms with E-state index in [4.69, 9.17) is 4.74 Å². The van der Waals surface area contributed by atoms with E-state index < -0.39 is 10.5 Å². The molecular weight excluding hydrogens is 500 g/mol. The van der Waals surface area contributed by atoms with Gasteiger partial charge in [-0.25, -0.2) is 4.98 Å². The summed E-state index contributed by atoms with van der Waals surface area (Å²) in [7, 11) is 1.37. The third kappa shape index (κ3) is 4.22. The number of benzene rings is 2. The first kappa shape index (κ1) is 21.6. The molecule has 32 heavy (non-hydrogen) atoms. The summed E-state index contributed by atoms with van der Waals surface area (Å²) in [6, 6.07) is 11.7. The Balaban J connectivity index is 1.65. The number of aryl methyl sites for hydroxylation is 1. The molecule has 12 heteroatoms. The first-order chi connectivity index (χ1) is 15.4. The molecule has 2 aromatic carbocycles. The van der Waals surface area contributed by atoms with Crippen LogP contribution in [0.2, 0.25) is 0 Å². The molecule has 10 nitrogen and oxygen atoms in total. The molecule has 0 radical (unpaired) electrons. The standard InChI is InChI=1S/C20H15BrN6O4S/c1-11-18(24-23-15-8-7-14(27(29)30)9-17(15)31-2)19(28)26(25-11)20-22-16(10-32-20)12-3-5-13(21)6-4-12/h3-10,25H,1-2H3. The largest absolute Gasteiger partial charge is 0.494 e. The van der Waals surface area contributed by atoms with Gasteiger partial charge in [-0.15, -0.1) is 21.6 Å². The summed E-state index contributed by atoms with van der Waals surface area (Å²) in [6.45, 7) is 1.70. The van der Waals surface area contributed by atoms with Gasteiger partial charge in [0, 0.05) is 21.5 Å². The van der Waals surface area contributed by atoms with Crippen LogP contribution in [0, 0.1) is 17.0 Å². The Morgan fingerprint density at radius 2 is 1.97 bits per heavy atom. The second-order valence-electron chi connectivity index (χ2n) is 6.56. The first-order valence-electron chi connectivity index (χ1n) is 9.15. The van der Waals surface area contributed by atoms with Gasteiger partial charge in [0.1, 0.15) is 5.69 Å². The molecule has 2 heterocycles. The number of aromatic nitrogens is 3. The van der Waals surface area contributed by atoms with Crippen LogP contribution in [0.1, 0.15) is 5.69 Å². The van der Waals surface area contributed by atoms with Crippen LogP contribution in [0.3, 0.4) is 0 Å². The minimum absolute atomic E-state index is 0.103. The molecule has 1 N–H and O–H groups in total. The van der Waals surface area contributed by atoms with Crippen molar-refractivity contribution in [1.82, 2.24) is 14.8 Å². The molecule has 0 spiro atoms. The number of hydrogen-bond donors (Lipinski definition) is 1. The van der Waals surface area contributed by atoms with Crippen LogP contribution in [-0.2, 0) is 0 Å². The molecule has 0 saturated heterocycles. The van der Waals surface area contributed by atoms with Gasteiger partial charge in [0.2, 0.25) is 5.13 Å². The monoisotopic (exact) mass is 514 g/mol. The summed E-state index contributed by atoms with van der Waals surface area (Å²) in [4.78, 5) is 27.9. The fraction of sp³-hybridized carbons (Fsp3) is 0.100. The summed E-state index contributed by atoms with van der Waals surface area (Å²) in [5.41, 5.74) is 1.99. The summed E-state index contributed by atoms with van der Waals surface area (Å²) in [6.07, 6.45) is 0. The van der Waals surface area contributed by atoms with E-state index in [1.165, 1.54) is 41.3 Å². The molecule has 0 saturated carbocycles. The maximum Gasteiger partial charge on any atom is 0.301 e. The van der Waals surface area contributed by atoms with E-state index in [1.807, 2.05) is 29.6 Å². The summed E-state index contributed by atoms with van der Waals surface area (Å²) in [5, 5.41) is 24.3. The summed E-state index contributed by atoms with van der Waals surface area (Å²) in [5.74, 6) is 0.176.